The maximum absolute atomic E-state index is 13.1. The number of halogens is 3. The molecule has 1 unspecified atom stereocenters. The average molecular weight is 207 g/mol. The van der Waals surface area contributed by atoms with E-state index in [0.29, 0.717) is 11.6 Å². The Kier molecular flexibility index (Phi) is 1.55. The highest BCUT2D eigenvalue weighted by molar-refractivity contribution is 6.37. The first-order valence-corrected chi connectivity index (χ1v) is 3.98. The molecular weight excluding hydrogens is 202 g/mol. The quantitative estimate of drug-likeness (QED) is 0.445. The first-order chi connectivity index (χ1) is 5.96. The zero-order valence-electron chi connectivity index (χ0n) is 6.39. The molecule has 13 heavy (non-hydrogen) atoms. The molecule has 2 rings (SSSR count). The van der Waals surface area contributed by atoms with Gasteiger partial charge in [0.05, 0.1) is 0 Å². The standard InChI is InChI=1S/C8H5ClF2O2/c9-7-3-5(4-13-6(7)12)1-2-8(7,10)11/h1-3H,4H2. The van der Waals surface area contributed by atoms with Crippen molar-refractivity contribution >= 4 is 17.6 Å². The molecule has 0 saturated heterocycles. The van der Waals surface area contributed by atoms with E-state index in [-0.39, 0.29) is 6.61 Å². The van der Waals surface area contributed by atoms with Gasteiger partial charge < -0.3 is 4.74 Å². The van der Waals surface area contributed by atoms with Gasteiger partial charge in [0.2, 0.25) is 4.87 Å². The summed E-state index contributed by atoms with van der Waals surface area (Å²) in [6, 6.07) is 0. The van der Waals surface area contributed by atoms with Crippen molar-refractivity contribution in [2.75, 3.05) is 6.61 Å². The fourth-order valence-electron chi connectivity index (χ4n) is 1.27. The van der Waals surface area contributed by atoms with Gasteiger partial charge in [0.15, 0.2) is 0 Å². The zero-order chi connectivity index (χ0) is 9.69. The lowest BCUT2D eigenvalue weighted by Gasteiger charge is -2.34. The van der Waals surface area contributed by atoms with E-state index in [0.717, 1.165) is 6.08 Å². The van der Waals surface area contributed by atoms with Crippen LogP contribution in [0, 0.1) is 0 Å². The molecule has 0 N–H and O–H groups in total. The summed E-state index contributed by atoms with van der Waals surface area (Å²) in [5, 5.41) is 0. The third-order valence-corrected chi connectivity index (χ3v) is 2.56. The fourth-order valence-corrected chi connectivity index (χ4v) is 1.53. The number of alkyl halides is 3. The van der Waals surface area contributed by atoms with Crippen molar-refractivity contribution < 1.29 is 18.3 Å². The van der Waals surface area contributed by atoms with Gasteiger partial charge in [-0.1, -0.05) is 17.7 Å². The van der Waals surface area contributed by atoms with Crippen molar-refractivity contribution in [2.45, 2.75) is 10.8 Å². The second-order valence-corrected chi connectivity index (χ2v) is 3.56. The van der Waals surface area contributed by atoms with Crippen LogP contribution in [0.25, 0.3) is 0 Å². The first-order valence-electron chi connectivity index (χ1n) is 3.61. The third kappa shape index (κ3) is 1.01. The highest BCUT2D eigenvalue weighted by Crippen LogP contribution is 2.44. The minimum Gasteiger partial charge on any atom is -0.459 e. The molecule has 0 fully saturated rings. The molecule has 1 heterocycles. The number of hydrogen-bond acceptors (Lipinski definition) is 2. The van der Waals surface area contributed by atoms with Gasteiger partial charge >= 0.3 is 5.97 Å². The van der Waals surface area contributed by atoms with Crippen LogP contribution in [0.15, 0.2) is 23.8 Å². The van der Waals surface area contributed by atoms with Crippen LogP contribution in [-0.4, -0.2) is 23.4 Å². The highest BCUT2D eigenvalue weighted by atomic mass is 35.5. The van der Waals surface area contributed by atoms with Gasteiger partial charge in [0.1, 0.15) is 6.61 Å². The topological polar surface area (TPSA) is 26.3 Å². The molecule has 1 aliphatic carbocycles. The molecule has 1 atom stereocenters. The van der Waals surface area contributed by atoms with Gasteiger partial charge in [-0.2, -0.15) is 8.78 Å². The van der Waals surface area contributed by atoms with Crippen molar-refractivity contribution in [1.82, 2.24) is 0 Å². The first kappa shape index (κ1) is 8.69. The normalized spacial score (nSPS) is 35.3. The number of esters is 1. The lowest BCUT2D eigenvalue weighted by atomic mass is 9.90. The minimum atomic E-state index is -3.38. The van der Waals surface area contributed by atoms with Crippen LogP contribution < -0.4 is 0 Å². The Morgan fingerprint density at radius 3 is 2.85 bits per heavy atom. The van der Waals surface area contributed by atoms with Crippen molar-refractivity contribution in [3.63, 3.8) is 0 Å². The largest absolute Gasteiger partial charge is 0.459 e. The molecule has 2 aliphatic rings. The van der Waals surface area contributed by atoms with E-state index in [2.05, 4.69) is 4.74 Å². The second-order valence-electron chi connectivity index (χ2n) is 2.96. The number of carbonyl (C=O) groups is 1. The maximum Gasteiger partial charge on any atom is 0.338 e. The van der Waals surface area contributed by atoms with Gasteiger partial charge in [-0.05, 0) is 17.7 Å². The molecule has 0 aromatic heterocycles. The third-order valence-electron chi connectivity index (χ3n) is 2.04. The minimum absolute atomic E-state index is 0.0138. The van der Waals surface area contributed by atoms with Crippen molar-refractivity contribution in [1.29, 1.82) is 0 Å². The maximum atomic E-state index is 13.1. The van der Waals surface area contributed by atoms with Crippen molar-refractivity contribution in [3.8, 4) is 0 Å². The van der Waals surface area contributed by atoms with Crippen LogP contribution in [0.1, 0.15) is 0 Å². The molecule has 70 valence electrons. The number of carbonyl (C=O) groups excluding carboxylic acids is 1. The Balaban J connectivity index is 2.54. The molecule has 0 radical (unpaired) electrons. The molecular formula is C8H5ClF2O2. The van der Waals surface area contributed by atoms with Crippen LogP contribution in [0.3, 0.4) is 0 Å². The Morgan fingerprint density at radius 2 is 2.23 bits per heavy atom. The average Bonchev–Trinajstić information content (AvgIpc) is 2.06. The molecule has 1 aliphatic heterocycles. The number of fused-ring (bicyclic) bond motifs is 1. The number of rotatable bonds is 0. The summed E-state index contributed by atoms with van der Waals surface area (Å²) >= 11 is 5.50. The van der Waals surface area contributed by atoms with Crippen LogP contribution in [-0.2, 0) is 9.53 Å². The van der Waals surface area contributed by atoms with E-state index < -0.39 is 16.8 Å². The molecule has 0 amide bonds. The van der Waals surface area contributed by atoms with E-state index in [9.17, 15) is 13.6 Å². The van der Waals surface area contributed by atoms with Crippen molar-refractivity contribution in [2.24, 2.45) is 0 Å². The number of ether oxygens (including phenoxy) is 1. The Morgan fingerprint density at radius 1 is 1.54 bits per heavy atom. The lowest BCUT2D eigenvalue weighted by molar-refractivity contribution is -0.153. The summed E-state index contributed by atoms with van der Waals surface area (Å²) in [6.45, 7) is 0.0138. The predicted molar refractivity (Wildman–Crippen MR) is 41.7 cm³/mol. The Hall–Kier alpha value is -0.900. The van der Waals surface area contributed by atoms with Gasteiger partial charge in [-0.15, -0.1) is 0 Å². The molecule has 2 bridgehead atoms. The molecule has 2 nitrogen and oxygen atoms in total. The van der Waals surface area contributed by atoms with Gasteiger partial charge in [0.25, 0.3) is 5.92 Å². The van der Waals surface area contributed by atoms with E-state index in [1.807, 2.05) is 0 Å². The van der Waals surface area contributed by atoms with E-state index in [4.69, 9.17) is 11.6 Å². The number of hydrogen-bond donors (Lipinski definition) is 0. The summed E-state index contributed by atoms with van der Waals surface area (Å²) in [5.41, 5.74) is 0.500. The monoisotopic (exact) mass is 206 g/mol. The SMILES string of the molecule is O=C1OCC2=CC1(Cl)C(F)(F)C=C2. The summed E-state index contributed by atoms with van der Waals surface area (Å²) < 4.78 is 30.8. The predicted octanol–water partition coefficient (Wildman–Crippen LogP) is 1.65. The molecule has 0 saturated carbocycles. The summed E-state index contributed by atoms with van der Waals surface area (Å²) in [7, 11) is 0. The highest BCUT2D eigenvalue weighted by Gasteiger charge is 2.59. The fraction of sp³-hybridized carbons (Fsp3) is 0.375. The summed E-state index contributed by atoms with van der Waals surface area (Å²) in [6.07, 6.45) is 2.91. The number of allylic oxidation sites excluding steroid dienone is 1. The van der Waals surface area contributed by atoms with Gasteiger partial charge in [-0.3, -0.25) is 0 Å². The molecule has 0 spiro atoms. The van der Waals surface area contributed by atoms with Crippen LogP contribution >= 0.6 is 11.6 Å². The van der Waals surface area contributed by atoms with E-state index in [1.54, 1.807) is 0 Å². The van der Waals surface area contributed by atoms with E-state index in [1.165, 1.54) is 6.08 Å². The van der Waals surface area contributed by atoms with Gasteiger partial charge in [-0.25, -0.2) is 4.79 Å². The van der Waals surface area contributed by atoms with Gasteiger partial charge in [0, 0.05) is 0 Å². The summed E-state index contributed by atoms with van der Waals surface area (Å²) in [4.78, 5) is 8.69. The zero-order valence-corrected chi connectivity index (χ0v) is 7.15. The number of cyclic esters (lactones) is 1. The molecule has 5 heteroatoms. The Bertz CT molecular complexity index is 335. The van der Waals surface area contributed by atoms with E-state index >= 15 is 0 Å². The van der Waals surface area contributed by atoms with Crippen LogP contribution in [0.4, 0.5) is 8.78 Å². The summed E-state index contributed by atoms with van der Waals surface area (Å²) in [5.74, 6) is -4.47. The second kappa shape index (κ2) is 2.32. The lowest BCUT2D eigenvalue weighted by Crippen LogP contribution is -2.52. The Labute approximate surface area is 77.8 Å². The molecule has 0 aromatic rings. The smallest absolute Gasteiger partial charge is 0.338 e. The van der Waals surface area contributed by atoms with Crippen LogP contribution in [0.2, 0.25) is 0 Å². The molecule has 0 aromatic carbocycles. The van der Waals surface area contributed by atoms with Crippen molar-refractivity contribution in [3.05, 3.63) is 23.8 Å². The van der Waals surface area contributed by atoms with Crippen LogP contribution in [0.5, 0.6) is 0 Å².